The summed E-state index contributed by atoms with van der Waals surface area (Å²) in [7, 11) is -3.62. The molecule has 0 unspecified atom stereocenters. The lowest BCUT2D eigenvalue weighted by molar-refractivity contribution is 0.0767. The highest BCUT2D eigenvalue weighted by Crippen LogP contribution is 2.22. The number of anilines is 1. The quantitative estimate of drug-likeness (QED) is 0.719. The first-order chi connectivity index (χ1) is 14.5. The van der Waals surface area contributed by atoms with E-state index in [0.29, 0.717) is 30.8 Å². The van der Waals surface area contributed by atoms with Crippen LogP contribution in [0, 0.1) is 11.3 Å². The van der Waals surface area contributed by atoms with Crippen molar-refractivity contribution in [1.82, 2.24) is 9.62 Å². The predicted octanol–water partition coefficient (Wildman–Crippen LogP) is 2.38. The number of carbonyl (C=O) groups is 1. The lowest BCUT2D eigenvalue weighted by atomic mass is 10.1. The van der Waals surface area contributed by atoms with Crippen molar-refractivity contribution in [3.8, 4) is 6.07 Å². The number of nitriles is 1. The zero-order valence-corrected chi connectivity index (χ0v) is 17.4. The molecule has 1 N–H and O–H groups in total. The van der Waals surface area contributed by atoms with E-state index < -0.39 is 10.0 Å². The Labute approximate surface area is 177 Å². The van der Waals surface area contributed by atoms with Crippen molar-refractivity contribution in [3.05, 3.63) is 72.3 Å². The first kappa shape index (κ1) is 21.6. The molecule has 2 aromatic rings. The smallest absolute Gasteiger partial charge is 0.253 e. The van der Waals surface area contributed by atoms with E-state index in [4.69, 9.17) is 0 Å². The molecule has 3 rings (SSSR count). The second-order valence-corrected chi connectivity index (χ2v) is 8.69. The summed E-state index contributed by atoms with van der Waals surface area (Å²) in [5.41, 5.74) is 1.96. The number of para-hydroxylation sites is 1. The minimum atomic E-state index is -3.62. The third kappa shape index (κ3) is 4.87. The number of nitrogens with one attached hydrogen (secondary N) is 1. The molecule has 1 fully saturated rings. The van der Waals surface area contributed by atoms with E-state index in [0.717, 1.165) is 18.7 Å². The Hall–Kier alpha value is -3.15. The van der Waals surface area contributed by atoms with E-state index in [1.54, 1.807) is 23.1 Å². The van der Waals surface area contributed by atoms with E-state index in [1.807, 2.05) is 18.2 Å². The number of hydrogen-bond acceptors (Lipinski definition) is 5. The molecule has 156 valence electrons. The maximum Gasteiger partial charge on any atom is 0.253 e. The zero-order chi connectivity index (χ0) is 21.6. The maximum atomic E-state index is 12.9. The fourth-order valence-electron chi connectivity index (χ4n) is 3.42. The second kappa shape index (κ2) is 9.57. The van der Waals surface area contributed by atoms with Gasteiger partial charge in [0.05, 0.1) is 16.1 Å². The number of rotatable bonds is 6. The highest BCUT2D eigenvalue weighted by atomic mass is 32.2. The van der Waals surface area contributed by atoms with Gasteiger partial charge < -0.3 is 9.80 Å². The molecular formula is C22H24N4O3S. The molecule has 7 nitrogen and oxygen atoms in total. The molecule has 1 heterocycles. The molecule has 2 aromatic carbocycles. The summed E-state index contributed by atoms with van der Waals surface area (Å²) in [6.07, 6.45) is 2.25. The summed E-state index contributed by atoms with van der Waals surface area (Å²) in [6.45, 7) is 6.15. The fourth-order valence-corrected chi connectivity index (χ4v) is 4.41. The van der Waals surface area contributed by atoms with Crippen molar-refractivity contribution in [2.75, 3.05) is 37.6 Å². The Bertz CT molecular complexity index is 1060. The molecule has 1 amide bonds. The van der Waals surface area contributed by atoms with E-state index in [9.17, 15) is 18.5 Å². The Morgan fingerprint density at radius 2 is 1.83 bits per heavy atom. The molecule has 0 spiro atoms. The van der Waals surface area contributed by atoms with Gasteiger partial charge in [-0.15, -0.1) is 6.58 Å². The van der Waals surface area contributed by atoms with Gasteiger partial charge in [-0.25, -0.2) is 13.1 Å². The van der Waals surface area contributed by atoms with Crippen molar-refractivity contribution < 1.29 is 13.2 Å². The van der Waals surface area contributed by atoms with Crippen LogP contribution in [0.5, 0.6) is 0 Å². The third-order valence-electron chi connectivity index (χ3n) is 4.98. The average molecular weight is 425 g/mol. The standard InChI is InChI=1S/C22H24N4O3S/c1-2-12-24-30(28,29)20-10-8-18(9-11-20)22(27)26-14-5-13-25(15-16-26)21-7-4-3-6-19(21)17-23/h2-4,6-11,24H,1,5,12-16H2. The van der Waals surface area contributed by atoms with Gasteiger partial charge in [0.1, 0.15) is 6.07 Å². The molecule has 1 aliphatic heterocycles. The van der Waals surface area contributed by atoms with Crippen LogP contribution in [0.4, 0.5) is 5.69 Å². The monoisotopic (exact) mass is 424 g/mol. The minimum Gasteiger partial charge on any atom is -0.369 e. The van der Waals surface area contributed by atoms with Crippen LogP contribution in [0.1, 0.15) is 22.3 Å². The molecule has 0 aromatic heterocycles. The molecule has 30 heavy (non-hydrogen) atoms. The van der Waals surface area contributed by atoms with Crippen LogP contribution in [-0.4, -0.2) is 51.9 Å². The van der Waals surface area contributed by atoms with Gasteiger partial charge in [0.2, 0.25) is 10.0 Å². The number of hydrogen-bond donors (Lipinski definition) is 1. The van der Waals surface area contributed by atoms with Gasteiger partial charge in [0, 0.05) is 38.3 Å². The van der Waals surface area contributed by atoms with Gasteiger partial charge in [-0.2, -0.15) is 5.26 Å². The molecule has 1 saturated heterocycles. The summed E-state index contributed by atoms with van der Waals surface area (Å²) in [4.78, 5) is 16.9. The largest absolute Gasteiger partial charge is 0.369 e. The Morgan fingerprint density at radius 3 is 2.53 bits per heavy atom. The van der Waals surface area contributed by atoms with Crippen LogP contribution in [-0.2, 0) is 10.0 Å². The zero-order valence-electron chi connectivity index (χ0n) is 16.6. The molecule has 0 aliphatic carbocycles. The number of nitrogens with zero attached hydrogens (tertiary/aromatic N) is 3. The van der Waals surface area contributed by atoms with Crippen molar-refractivity contribution >= 4 is 21.6 Å². The summed E-state index contributed by atoms with van der Waals surface area (Å²) in [5, 5.41) is 9.34. The molecule has 8 heteroatoms. The number of amides is 1. The first-order valence-corrected chi connectivity index (χ1v) is 11.2. The van der Waals surface area contributed by atoms with Crippen molar-refractivity contribution in [2.45, 2.75) is 11.3 Å². The van der Waals surface area contributed by atoms with Gasteiger partial charge in [0.15, 0.2) is 0 Å². The summed E-state index contributed by atoms with van der Waals surface area (Å²) < 4.78 is 26.7. The van der Waals surface area contributed by atoms with Crippen LogP contribution >= 0.6 is 0 Å². The molecule has 0 atom stereocenters. The van der Waals surface area contributed by atoms with Crippen LogP contribution < -0.4 is 9.62 Å². The van der Waals surface area contributed by atoms with Crippen LogP contribution in [0.3, 0.4) is 0 Å². The minimum absolute atomic E-state index is 0.107. The molecular weight excluding hydrogens is 400 g/mol. The lowest BCUT2D eigenvalue weighted by Crippen LogP contribution is -2.35. The van der Waals surface area contributed by atoms with Crippen molar-refractivity contribution in [2.24, 2.45) is 0 Å². The van der Waals surface area contributed by atoms with Crippen LogP contribution in [0.25, 0.3) is 0 Å². The Balaban J connectivity index is 1.69. The summed E-state index contributed by atoms with van der Waals surface area (Å²) in [6, 6.07) is 15.6. The third-order valence-corrected chi connectivity index (χ3v) is 6.42. The SMILES string of the molecule is C=CCNS(=O)(=O)c1ccc(C(=O)N2CCCN(c3ccccc3C#N)CC2)cc1. The number of benzene rings is 2. The lowest BCUT2D eigenvalue weighted by Gasteiger charge is -2.24. The summed E-state index contributed by atoms with van der Waals surface area (Å²) >= 11 is 0. The van der Waals surface area contributed by atoms with Crippen LogP contribution in [0.2, 0.25) is 0 Å². The topological polar surface area (TPSA) is 93.5 Å². The number of carbonyl (C=O) groups excluding carboxylic acids is 1. The highest BCUT2D eigenvalue weighted by Gasteiger charge is 2.22. The van der Waals surface area contributed by atoms with E-state index in [-0.39, 0.29) is 17.3 Å². The molecule has 0 bridgehead atoms. The highest BCUT2D eigenvalue weighted by molar-refractivity contribution is 7.89. The van der Waals surface area contributed by atoms with Crippen molar-refractivity contribution in [1.29, 1.82) is 5.26 Å². The molecule has 0 radical (unpaired) electrons. The Kier molecular flexibility index (Phi) is 6.87. The predicted molar refractivity (Wildman–Crippen MR) is 116 cm³/mol. The van der Waals surface area contributed by atoms with Gasteiger partial charge in [-0.05, 0) is 42.8 Å². The van der Waals surface area contributed by atoms with E-state index in [1.165, 1.54) is 18.2 Å². The fraction of sp³-hybridized carbons (Fsp3) is 0.273. The van der Waals surface area contributed by atoms with E-state index in [2.05, 4.69) is 22.3 Å². The number of sulfonamides is 1. The van der Waals surface area contributed by atoms with Crippen molar-refractivity contribution in [3.63, 3.8) is 0 Å². The Morgan fingerprint density at radius 1 is 1.10 bits per heavy atom. The van der Waals surface area contributed by atoms with E-state index >= 15 is 0 Å². The first-order valence-electron chi connectivity index (χ1n) is 9.70. The normalized spacial score (nSPS) is 14.6. The van der Waals surface area contributed by atoms with Gasteiger partial charge in [0.25, 0.3) is 5.91 Å². The van der Waals surface area contributed by atoms with Gasteiger partial charge in [-0.1, -0.05) is 18.2 Å². The second-order valence-electron chi connectivity index (χ2n) is 6.93. The molecule has 1 aliphatic rings. The van der Waals surface area contributed by atoms with Gasteiger partial charge in [-0.3, -0.25) is 4.79 Å². The average Bonchev–Trinajstić information content (AvgIpc) is 3.03. The van der Waals surface area contributed by atoms with Gasteiger partial charge >= 0.3 is 0 Å². The summed E-state index contributed by atoms with van der Waals surface area (Å²) in [5.74, 6) is -0.131. The maximum absolute atomic E-state index is 12.9. The van der Waals surface area contributed by atoms with Crippen LogP contribution in [0.15, 0.2) is 66.1 Å². The molecule has 0 saturated carbocycles.